The summed E-state index contributed by atoms with van der Waals surface area (Å²) in [6.45, 7) is 0.300. The highest BCUT2D eigenvalue weighted by atomic mass is 16.5. The van der Waals surface area contributed by atoms with Crippen molar-refractivity contribution in [2.24, 2.45) is 5.92 Å². The van der Waals surface area contributed by atoms with E-state index in [2.05, 4.69) is 10.6 Å². The molecular formula is C21H29N3O5. The first-order chi connectivity index (χ1) is 14.0. The molecule has 8 heteroatoms. The minimum absolute atomic E-state index is 0.164. The van der Waals surface area contributed by atoms with Gasteiger partial charge in [0.05, 0.1) is 6.42 Å². The van der Waals surface area contributed by atoms with Crippen LogP contribution in [0.5, 0.6) is 5.75 Å². The molecule has 0 heterocycles. The van der Waals surface area contributed by atoms with Gasteiger partial charge in [-0.15, -0.1) is 0 Å². The van der Waals surface area contributed by atoms with E-state index in [1.165, 1.54) is 18.0 Å². The molecule has 8 nitrogen and oxygen atoms in total. The summed E-state index contributed by atoms with van der Waals surface area (Å²) >= 11 is 0. The average Bonchev–Trinajstić information content (AvgIpc) is 2.73. The summed E-state index contributed by atoms with van der Waals surface area (Å²) in [5.41, 5.74) is 2.41. The van der Waals surface area contributed by atoms with Crippen LogP contribution in [0.3, 0.4) is 0 Å². The average molecular weight is 403 g/mol. The summed E-state index contributed by atoms with van der Waals surface area (Å²) in [5, 5.41) is 23.2. The molecule has 158 valence electrons. The monoisotopic (exact) mass is 403 g/mol. The number of rotatable bonds is 9. The molecule has 1 aliphatic rings. The second-order valence-corrected chi connectivity index (χ2v) is 7.26. The predicted molar refractivity (Wildman–Crippen MR) is 107 cm³/mol. The Morgan fingerprint density at radius 1 is 1.10 bits per heavy atom. The van der Waals surface area contributed by atoms with E-state index in [9.17, 15) is 19.5 Å². The molecule has 0 aromatic heterocycles. The number of amides is 3. The zero-order valence-corrected chi connectivity index (χ0v) is 16.4. The second-order valence-electron chi connectivity index (χ2n) is 7.26. The van der Waals surface area contributed by atoms with Gasteiger partial charge in [0.2, 0.25) is 17.7 Å². The lowest BCUT2D eigenvalue weighted by Crippen LogP contribution is -2.48. The first-order valence-electron chi connectivity index (χ1n) is 9.95. The van der Waals surface area contributed by atoms with Gasteiger partial charge in [-0.2, -0.15) is 0 Å². The highest BCUT2D eigenvalue weighted by Gasteiger charge is 2.23. The fourth-order valence-corrected chi connectivity index (χ4v) is 3.33. The van der Waals surface area contributed by atoms with Gasteiger partial charge >= 0.3 is 0 Å². The second kappa shape index (κ2) is 11.9. The van der Waals surface area contributed by atoms with Crippen LogP contribution in [0.2, 0.25) is 0 Å². The zero-order chi connectivity index (χ0) is 21.1. The van der Waals surface area contributed by atoms with E-state index in [4.69, 9.17) is 5.21 Å². The maximum Gasteiger partial charge on any atom is 0.245 e. The Kier molecular flexibility index (Phi) is 9.17. The van der Waals surface area contributed by atoms with Gasteiger partial charge in [0, 0.05) is 6.54 Å². The largest absolute Gasteiger partial charge is 0.508 e. The first kappa shape index (κ1) is 22.4. The number of allylic oxidation sites excluding steroid dienone is 1. The summed E-state index contributed by atoms with van der Waals surface area (Å²) in [6.07, 6.45) is 9.07. The molecule has 3 amide bonds. The van der Waals surface area contributed by atoms with E-state index in [1.807, 2.05) is 6.08 Å². The summed E-state index contributed by atoms with van der Waals surface area (Å²) < 4.78 is 0. The number of phenols is 1. The third-order valence-corrected chi connectivity index (χ3v) is 4.97. The van der Waals surface area contributed by atoms with E-state index in [0.29, 0.717) is 18.9 Å². The van der Waals surface area contributed by atoms with Gasteiger partial charge in [0.15, 0.2) is 0 Å². The van der Waals surface area contributed by atoms with E-state index in [1.54, 1.807) is 24.3 Å². The van der Waals surface area contributed by atoms with Gasteiger partial charge < -0.3 is 15.7 Å². The van der Waals surface area contributed by atoms with E-state index in [0.717, 1.165) is 31.2 Å². The van der Waals surface area contributed by atoms with E-state index < -0.39 is 23.8 Å². The zero-order valence-electron chi connectivity index (χ0n) is 16.4. The molecule has 0 spiro atoms. The minimum atomic E-state index is -1.09. The minimum Gasteiger partial charge on any atom is -0.508 e. The maximum atomic E-state index is 12.4. The number of benzene rings is 1. The van der Waals surface area contributed by atoms with Crippen molar-refractivity contribution in [3.63, 3.8) is 0 Å². The Balaban J connectivity index is 1.86. The molecule has 0 radical (unpaired) electrons. The molecule has 1 aliphatic carbocycles. The van der Waals surface area contributed by atoms with Crippen LogP contribution in [0.25, 0.3) is 0 Å². The normalized spacial score (nSPS) is 15.6. The van der Waals surface area contributed by atoms with E-state index >= 15 is 0 Å². The molecule has 5 N–H and O–H groups in total. The molecule has 2 rings (SSSR count). The van der Waals surface area contributed by atoms with Crippen molar-refractivity contribution in [3.8, 4) is 5.75 Å². The van der Waals surface area contributed by atoms with Crippen molar-refractivity contribution in [3.05, 3.63) is 42.0 Å². The third-order valence-electron chi connectivity index (χ3n) is 4.97. The maximum absolute atomic E-state index is 12.4. The Morgan fingerprint density at radius 3 is 2.45 bits per heavy atom. The lowest BCUT2D eigenvalue weighted by atomic mass is 9.89. The third kappa shape index (κ3) is 8.35. The Labute approximate surface area is 170 Å². The predicted octanol–water partition coefficient (Wildman–Crippen LogP) is 1.57. The number of phenolic OH excluding ortho intramolecular Hbond substituents is 1. The van der Waals surface area contributed by atoms with Gasteiger partial charge in [-0.3, -0.25) is 19.6 Å². The highest BCUT2D eigenvalue weighted by molar-refractivity contribution is 5.95. The molecule has 0 unspecified atom stereocenters. The molecule has 0 saturated heterocycles. The molecule has 0 aliphatic heterocycles. The van der Waals surface area contributed by atoms with Crippen molar-refractivity contribution in [1.82, 2.24) is 16.1 Å². The molecule has 29 heavy (non-hydrogen) atoms. The smallest absolute Gasteiger partial charge is 0.245 e. The van der Waals surface area contributed by atoms with Crippen LogP contribution in [0.1, 0.15) is 44.1 Å². The van der Waals surface area contributed by atoms with Crippen LogP contribution in [-0.2, 0) is 20.8 Å². The SMILES string of the molecule is O=C(/C=C/C1CCCCC1)N[C@H](CC(=O)NO)C(=O)NCCc1ccc(O)cc1. The van der Waals surface area contributed by atoms with Gasteiger partial charge in [0.1, 0.15) is 11.8 Å². The summed E-state index contributed by atoms with van der Waals surface area (Å²) in [7, 11) is 0. The van der Waals surface area contributed by atoms with Crippen molar-refractivity contribution < 1.29 is 24.7 Å². The standard InChI is InChI=1S/C21H29N3O5/c25-17-9-6-16(7-10-17)12-13-22-21(28)18(14-20(27)24-29)23-19(26)11-8-15-4-2-1-3-5-15/h6-11,15,18,25,29H,1-5,12-14H2,(H,22,28)(H,23,26)(H,24,27)/b11-8+/t18-/m1/s1. The summed E-state index contributed by atoms with van der Waals surface area (Å²) in [4.78, 5) is 36.1. The summed E-state index contributed by atoms with van der Waals surface area (Å²) in [5.74, 6) is -1.18. The first-order valence-corrected chi connectivity index (χ1v) is 9.95. The molecule has 1 atom stereocenters. The van der Waals surface area contributed by atoms with E-state index in [-0.39, 0.29) is 12.2 Å². The Hall–Kier alpha value is -2.87. The quantitative estimate of drug-likeness (QED) is 0.243. The van der Waals surface area contributed by atoms with Gasteiger partial charge in [-0.05, 0) is 49.0 Å². The molecule has 1 aromatic rings. The number of carbonyl (C=O) groups is 3. The number of hydrogen-bond acceptors (Lipinski definition) is 5. The lowest BCUT2D eigenvalue weighted by Gasteiger charge is -2.19. The van der Waals surface area contributed by atoms with Crippen LogP contribution >= 0.6 is 0 Å². The van der Waals surface area contributed by atoms with Crippen molar-refractivity contribution in [1.29, 1.82) is 0 Å². The fraction of sp³-hybridized carbons (Fsp3) is 0.476. The van der Waals surface area contributed by atoms with Gasteiger partial charge in [0.25, 0.3) is 0 Å². The number of aromatic hydroxyl groups is 1. The van der Waals surface area contributed by atoms with Crippen LogP contribution in [0, 0.1) is 5.92 Å². The van der Waals surface area contributed by atoms with Crippen LogP contribution in [0.4, 0.5) is 0 Å². The van der Waals surface area contributed by atoms with Crippen LogP contribution in [0.15, 0.2) is 36.4 Å². The molecule has 1 saturated carbocycles. The molecule has 1 fully saturated rings. The summed E-state index contributed by atoms with van der Waals surface area (Å²) in [6, 6.07) is 5.52. The molecular weight excluding hydrogens is 374 g/mol. The number of carbonyl (C=O) groups excluding carboxylic acids is 3. The van der Waals surface area contributed by atoms with Crippen molar-refractivity contribution in [2.75, 3.05) is 6.54 Å². The topological polar surface area (TPSA) is 128 Å². The van der Waals surface area contributed by atoms with Crippen molar-refractivity contribution in [2.45, 2.75) is 51.0 Å². The number of hydrogen-bond donors (Lipinski definition) is 5. The highest BCUT2D eigenvalue weighted by Crippen LogP contribution is 2.24. The number of nitrogens with one attached hydrogen (secondary N) is 3. The Bertz CT molecular complexity index is 712. The fourth-order valence-electron chi connectivity index (χ4n) is 3.33. The van der Waals surface area contributed by atoms with Gasteiger partial charge in [-0.25, -0.2) is 5.48 Å². The molecule has 1 aromatic carbocycles. The molecule has 0 bridgehead atoms. The lowest BCUT2D eigenvalue weighted by molar-refractivity contribution is -0.134. The van der Waals surface area contributed by atoms with Crippen molar-refractivity contribution >= 4 is 17.7 Å². The van der Waals surface area contributed by atoms with Crippen LogP contribution < -0.4 is 16.1 Å². The van der Waals surface area contributed by atoms with Crippen LogP contribution in [-0.4, -0.2) is 40.6 Å². The van der Waals surface area contributed by atoms with Gasteiger partial charge in [-0.1, -0.05) is 37.5 Å². The Morgan fingerprint density at radius 2 is 1.79 bits per heavy atom. The number of hydroxylamine groups is 1.